The van der Waals surface area contributed by atoms with Crippen LogP contribution in [0.25, 0.3) is 17.2 Å². The van der Waals surface area contributed by atoms with Crippen LogP contribution in [0.5, 0.6) is 17.2 Å². The largest absolute Gasteiger partial charge is 0.493 e. The average Bonchev–Trinajstić information content (AvgIpc) is 2.92. The molecule has 0 saturated carbocycles. The van der Waals surface area contributed by atoms with Crippen molar-refractivity contribution in [3.05, 3.63) is 58.4 Å². The smallest absolute Gasteiger partial charge is 0.307 e. The van der Waals surface area contributed by atoms with Crippen molar-refractivity contribution in [1.82, 2.24) is 0 Å². The molecule has 0 atom stereocenters. The van der Waals surface area contributed by atoms with E-state index in [2.05, 4.69) is 0 Å². The molecule has 0 aliphatic heterocycles. The summed E-state index contributed by atoms with van der Waals surface area (Å²) in [6.45, 7) is 1.84. The molecule has 0 heterocycles. The van der Waals surface area contributed by atoms with E-state index in [1.165, 1.54) is 26.4 Å². The molecule has 0 spiro atoms. The molecule has 2 aromatic carbocycles. The van der Waals surface area contributed by atoms with Gasteiger partial charge in [0.1, 0.15) is 5.82 Å². The van der Waals surface area contributed by atoms with E-state index >= 15 is 0 Å². The minimum absolute atomic E-state index is 0.178. The van der Waals surface area contributed by atoms with Gasteiger partial charge in [0.15, 0.2) is 11.5 Å². The standard InChI is InChI=1S/C22H21FO5/c1-12-16(9-13-5-8-19(26-2)22(28-4)21(13)27-3)15-7-6-14(23)10-18(15)17(12)11-20(24)25/h5-10H,11H2,1-4H3,(H,24,25)/b16-9-. The summed E-state index contributed by atoms with van der Waals surface area (Å²) in [7, 11) is 4.61. The quantitative estimate of drug-likeness (QED) is 0.785. The first-order chi connectivity index (χ1) is 13.4. The van der Waals surface area contributed by atoms with Crippen LogP contribution in [-0.2, 0) is 4.79 Å². The number of carbonyl (C=O) groups is 1. The van der Waals surface area contributed by atoms with Gasteiger partial charge in [-0.15, -0.1) is 0 Å². The van der Waals surface area contributed by atoms with Gasteiger partial charge in [0.05, 0.1) is 27.8 Å². The summed E-state index contributed by atoms with van der Waals surface area (Å²) in [5.41, 5.74) is 4.34. The molecule has 0 radical (unpaired) electrons. The maximum atomic E-state index is 13.8. The second-order valence-electron chi connectivity index (χ2n) is 6.35. The third-order valence-electron chi connectivity index (χ3n) is 4.82. The van der Waals surface area contributed by atoms with Crippen molar-refractivity contribution in [1.29, 1.82) is 0 Å². The molecule has 6 heteroatoms. The Hall–Kier alpha value is -3.28. The Balaban J connectivity index is 2.22. The van der Waals surface area contributed by atoms with Crippen molar-refractivity contribution in [2.24, 2.45) is 0 Å². The van der Waals surface area contributed by atoms with E-state index in [0.29, 0.717) is 28.4 Å². The molecule has 0 unspecified atom stereocenters. The van der Waals surface area contributed by atoms with Crippen molar-refractivity contribution >= 4 is 23.2 Å². The Morgan fingerprint density at radius 3 is 2.36 bits per heavy atom. The second kappa shape index (κ2) is 7.76. The molecule has 0 bridgehead atoms. The highest BCUT2D eigenvalue weighted by Crippen LogP contribution is 2.46. The Bertz CT molecular complexity index is 1000. The monoisotopic (exact) mass is 384 g/mol. The lowest BCUT2D eigenvalue weighted by Gasteiger charge is -2.15. The minimum atomic E-state index is -0.963. The molecule has 146 valence electrons. The van der Waals surface area contributed by atoms with Crippen LogP contribution in [0.1, 0.15) is 30.0 Å². The molecular weight excluding hydrogens is 363 g/mol. The Morgan fingerprint density at radius 1 is 1.04 bits per heavy atom. The zero-order valence-electron chi connectivity index (χ0n) is 16.1. The van der Waals surface area contributed by atoms with Gasteiger partial charge in [-0.05, 0) is 65.1 Å². The van der Waals surface area contributed by atoms with Crippen LogP contribution in [0.4, 0.5) is 4.39 Å². The van der Waals surface area contributed by atoms with Gasteiger partial charge in [-0.25, -0.2) is 4.39 Å². The molecule has 1 aliphatic carbocycles. The number of methoxy groups -OCH3 is 3. The van der Waals surface area contributed by atoms with Crippen molar-refractivity contribution in [3.8, 4) is 17.2 Å². The number of halogens is 1. The fourth-order valence-corrected chi connectivity index (χ4v) is 3.53. The van der Waals surface area contributed by atoms with Gasteiger partial charge in [-0.2, -0.15) is 0 Å². The summed E-state index contributed by atoms with van der Waals surface area (Å²) >= 11 is 0. The predicted molar refractivity (Wildman–Crippen MR) is 105 cm³/mol. The first-order valence-electron chi connectivity index (χ1n) is 8.64. The normalized spacial score (nSPS) is 14.2. The average molecular weight is 384 g/mol. The number of hydrogen-bond donors (Lipinski definition) is 1. The molecule has 3 rings (SSSR count). The predicted octanol–water partition coefficient (Wildman–Crippen LogP) is 4.65. The van der Waals surface area contributed by atoms with E-state index in [0.717, 1.165) is 22.3 Å². The van der Waals surface area contributed by atoms with Crippen LogP contribution in [0.15, 0.2) is 35.9 Å². The van der Waals surface area contributed by atoms with Crippen molar-refractivity contribution in [2.75, 3.05) is 21.3 Å². The maximum Gasteiger partial charge on any atom is 0.307 e. The molecule has 0 aromatic heterocycles. The molecule has 0 saturated heterocycles. The van der Waals surface area contributed by atoms with Gasteiger partial charge < -0.3 is 19.3 Å². The van der Waals surface area contributed by atoms with E-state index in [1.54, 1.807) is 19.2 Å². The third-order valence-corrected chi connectivity index (χ3v) is 4.82. The lowest BCUT2D eigenvalue weighted by atomic mass is 10.00. The fraction of sp³-hybridized carbons (Fsp3) is 0.227. The number of fused-ring (bicyclic) bond motifs is 1. The first-order valence-corrected chi connectivity index (χ1v) is 8.64. The van der Waals surface area contributed by atoms with E-state index < -0.39 is 11.8 Å². The number of rotatable bonds is 6. The lowest BCUT2D eigenvalue weighted by Crippen LogP contribution is -1.97. The maximum absolute atomic E-state index is 13.8. The van der Waals surface area contributed by atoms with Gasteiger partial charge in [-0.3, -0.25) is 4.79 Å². The number of benzene rings is 2. The first kappa shape index (κ1) is 19.5. The van der Waals surface area contributed by atoms with Crippen molar-refractivity contribution in [3.63, 3.8) is 0 Å². The van der Waals surface area contributed by atoms with Gasteiger partial charge in [0.25, 0.3) is 0 Å². The van der Waals surface area contributed by atoms with E-state index in [9.17, 15) is 14.3 Å². The van der Waals surface area contributed by atoms with Crippen LogP contribution >= 0.6 is 0 Å². The summed E-state index contributed by atoms with van der Waals surface area (Å²) in [5.74, 6) is 0.129. The van der Waals surface area contributed by atoms with Crippen LogP contribution in [0.3, 0.4) is 0 Å². The highest BCUT2D eigenvalue weighted by atomic mass is 19.1. The SMILES string of the molecule is COc1ccc(/C=C2/C(C)=C(CC(=O)O)c3cc(F)ccc32)c(OC)c1OC. The van der Waals surface area contributed by atoms with E-state index in [4.69, 9.17) is 14.2 Å². The van der Waals surface area contributed by atoms with Gasteiger partial charge in [0, 0.05) is 5.56 Å². The molecule has 2 aromatic rings. The van der Waals surface area contributed by atoms with Crippen LogP contribution in [-0.4, -0.2) is 32.4 Å². The molecule has 0 fully saturated rings. The van der Waals surface area contributed by atoms with Crippen LogP contribution in [0, 0.1) is 5.82 Å². The number of allylic oxidation sites excluding steroid dienone is 2. The Morgan fingerprint density at radius 2 is 1.75 bits per heavy atom. The number of aliphatic carboxylic acids is 1. The summed E-state index contributed by atoms with van der Waals surface area (Å²) < 4.78 is 30.1. The zero-order valence-corrected chi connectivity index (χ0v) is 16.1. The highest BCUT2D eigenvalue weighted by molar-refractivity contribution is 6.08. The highest BCUT2D eigenvalue weighted by Gasteiger charge is 2.26. The lowest BCUT2D eigenvalue weighted by molar-refractivity contribution is -0.135. The van der Waals surface area contributed by atoms with Crippen LogP contribution < -0.4 is 14.2 Å². The molecule has 28 heavy (non-hydrogen) atoms. The summed E-state index contributed by atoms with van der Waals surface area (Å²) in [5, 5.41) is 9.27. The summed E-state index contributed by atoms with van der Waals surface area (Å²) in [4.78, 5) is 11.3. The van der Waals surface area contributed by atoms with Gasteiger partial charge in [-0.1, -0.05) is 6.07 Å². The fourth-order valence-electron chi connectivity index (χ4n) is 3.53. The number of ether oxygens (including phenoxy) is 3. The van der Waals surface area contributed by atoms with Gasteiger partial charge >= 0.3 is 5.97 Å². The number of carboxylic acid groups (broad SMARTS) is 1. The second-order valence-corrected chi connectivity index (χ2v) is 6.35. The number of carboxylic acids is 1. The van der Waals surface area contributed by atoms with E-state index in [-0.39, 0.29) is 6.42 Å². The van der Waals surface area contributed by atoms with Gasteiger partial charge in [0.2, 0.25) is 5.75 Å². The Kier molecular flexibility index (Phi) is 5.40. The molecule has 0 amide bonds. The third kappa shape index (κ3) is 3.33. The van der Waals surface area contributed by atoms with Crippen molar-refractivity contribution < 1.29 is 28.5 Å². The molecule has 5 nitrogen and oxygen atoms in total. The molecule has 1 aliphatic rings. The van der Waals surface area contributed by atoms with E-state index in [1.807, 2.05) is 19.1 Å². The molecule has 1 N–H and O–H groups in total. The van der Waals surface area contributed by atoms with Crippen molar-refractivity contribution in [2.45, 2.75) is 13.3 Å². The topological polar surface area (TPSA) is 65.0 Å². The Labute approximate surface area is 162 Å². The minimum Gasteiger partial charge on any atom is -0.493 e. The summed E-state index contributed by atoms with van der Waals surface area (Å²) in [6, 6.07) is 8.02. The molecular formula is C22H21FO5. The number of hydrogen-bond acceptors (Lipinski definition) is 4. The summed E-state index contributed by atoms with van der Waals surface area (Å²) in [6.07, 6.45) is 1.71. The van der Waals surface area contributed by atoms with Crippen LogP contribution in [0.2, 0.25) is 0 Å². The zero-order chi connectivity index (χ0) is 20.4.